The van der Waals surface area contributed by atoms with Crippen molar-refractivity contribution in [1.29, 1.82) is 5.26 Å². The number of alkyl halides is 3. The number of carbonyl (C=O) groups excluding carboxylic acids is 2. The van der Waals surface area contributed by atoms with Crippen LogP contribution in [0.15, 0.2) is 29.3 Å². The van der Waals surface area contributed by atoms with Crippen LogP contribution in [-0.4, -0.2) is 66.0 Å². The highest BCUT2D eigenvalue weighted by Crippen LogP contribution is 2.37. The van der Waals surface area contributed by atoms with Crippen LogP contribution in [0.4, 0.5) is 18.9 Å². The van der Waals surface area contributed by atoms with Gasteiger partial charge in [-0.3, -0.25) is 14.5 Å². The number of nitriles is 1. The van der Waals surface area contributed by atoms with Gasteiger partial charge < -0.3 is 10.2 Å². The van der Waals surface area contributed by atoms with E-state index in [4.69, 9.17) is 17.5 Å². The zero-order valence-electron chi connectivity index (χ0n) is 22.6. The molecule has 2 aliphatic rings. The molecule has 0 aromatic heterocycles. The minimum atomic E-state index is -4.77. The Morgan fingerprint density at radius 3 is 2.28 bits per heavy atom. The zero-order valence-corrected chi connectivity index (χ0v) is 23.4. The van der Waals surface area contributed by atoms with Gasteiger partial charge in [-0.05, 0) is 70.1 Å². The Morgan fingerprint density at radius 1 is 1.03 bits per heavy atom. The molecule has 1 aromatic rings. The van der Waals surface area contributed by atoms with Crippen molar-refractivity contribution in [3.05, 3.63) is 40.5 Å². The van der Waals surface area contributed by atoms with E-state index < -0.39 is 29.1 Å². The van der Waals surface area contributed by atoms with Crippen LogP contribution >= 0.6 is 12.2 Å². The molecule has 0 aliphatic carbocycles. The highest BCUT2D eigenvalue weighted by molar-refractivity contribution is 7.80. The predicted octanol–water partition coefficient (Wildman–Crippen LogP) is 5.01. The first-order chi connectivity index (χ1) is 18.6. The first-order valence-corrected chi connectivity index (χ1v) is 13.9. The average molecular weight is 564 g/mol. The summed E-state index contributed by atoms with van der Waals surface area (Å²) in [5.74, 6) is -1.20. The number of benzene rings is 1. The molecule has 1 fully saturated rings. The van der Waals surface area contributed by atoms with Gasteiger partial charge in [-0.15, -0.1) is 0 Å². The second kappa shape index (κ2) is 13.9. The number of rotatable bonds is 11. The maximum Gasteiger partial charge on any atom is 0.417 e. The average Bonchev–Trinajstić information content (AvgIpc) is 3.12. The number of imide groups is 1. The summed E-state index contributed by atoms with van der Waals surface area (Å²) in [6.07, 6.45) is 1.65. The van der Waals surface area contributed by atoms with Gasteiger partial charge in [-0.25, -0.2) is 4.90 Å². The number of anilines is 1. The Hall–Kier alpha value is -2.97. The van der Waals surface area contributed by atoms with Crippen molar-refractivity contribution >= 4 is 34.8 Å². The second-order valence-electron chi connectivity index (χ2n) is 9.92. The molecule has 2 heterocycles. The second-order valence-corrected chi connectivity index (χ2v) is 10.3. The van der Waals surface area contributed by atoms with Crippen molar-refractivity contribution in [2.75, 3.05) is 44.2 Å². The van der Waals surface area contributed by atoms with Gasteiger partial charge in [-0.2, -0.15) is 18.4 Å². The Kier molecular flexibility index (Phi) is 10.9. The molecule has 1 N–H and O–H groups in total. The molecule has 212 valence electrons. The molecule has 0 spiro atoms. The molecule has 1 saturated heterocycles. The van der Waals surface area contributed by atoms with Crippen molar-refractivity contribution in [3.63, 3.8) is 0 Å². The SMILES string of the molecule is CCNC(=S)N1CCN(CCCCCCCCC2=C(C)C(=O)N(c3ccc(C#N)c(C(F)(F)F)c3)C2=O)CC1. The minimum Gasteiger partial charge on any atom is -0.363 e. The van der Waals surface area contributed by atoms with Gasteiger partial charge >= 0.3 is 6.18 Å². The van der Waals surface area contributed by atoms with Crippen molar-refractivity contribution in [2.24, 2.45) is 0 Å². The molecule has 1 aromatic carbocycles. The lowest BCUT2D eigenvalue weighted by atomic mass is 10.0. The van der Waals surface area contributed by atoms with Crippen LogP contribution in [0.5, 0.6) is 0 Å². The summed E-state index contributed by atoms with van der Waals surface area (Å²) in [5.41, 5.74) is -1.27. The van der Waals surface area contributed by atoms with Gasteiger partial charge in [0.2, 0.25) is 0 Å². The maximum absolute atomic E-state index is 13.4. The van der Waals surface area contributed by atoms with Crippen molar-refractivity contribution < 1.29 is 22.8 Å². The molecule has 7 nitrogen and oxygen atoms in total. The summed E-state index contributed by atoms with van der Waals surface area (Å²) in [6, 6.07) is 4.41. The van der Waals surface area contributed by atoms with E-state index in [0.29, 0.717) is 18.1 Å². The molecule has 2 aliphatic heterocycles. The summed E-state index contributed by atoms with van der Waals surface area (Å²) >= 11 is 5.38. The molecular formula is C28H36F3N5O2S. The first-order valence-electron chi connectivity index (χ1n) is 13.5. The summed E-state index contributed by atoms with van der Waals surface area (Å²) in [4.78, 5) is 31.2. The zero-order chi connectivity index (χ0) is 28.6. The lowest BCUT2D eigenvalue weighted by molar-refractivity contribution is -0.138. The van der Waals surface area contributed by atoms with Gasteiger partial charge in [-0.1, -0.05) is 25.7 Å². The van der Waals surface area contributed by atoms with Gasteiger partial charge in [0.15, 0.2) is 5.11 Å². The number of hydrogen-bond acceptors (Lipinski definition) is 5. The third-order valence-electron chi connectivity index (χ3n) is 7.26. The van der Waals surface area contributed by atoms with Crippen LogP contribution < -0.4 is 10.2 Å². The number of nitrogens with zero attached hydrogens (tertiary/aromatic N) is 4. The molecule has 11 heteroatoms. The lowest BCUT2D eigenvalue weighted by Gasteiger charge is -2.36. The summed E-state index contributed by atoms with van der Waals surface area (Å²) in [6.45, 7) is 9.44. The Morgan fingerprint density at radius 2 is 1.67 bits per heavy atom. The smallest absolute Gasteiger partial charge is 0.363 e. The van der Waals surface area contributed by atoms with E-state index in [-0.39, 0.29) is 11.3 Å². The van der Waals surface area contributed by atoms with E-state index in [1.165, 1.54) is 19.1 Å². The molecule has 2 amide bonds. The minimum absolute atomic E-state index is 0.174. The number of thiocarbonyl (C=S) groups is 1. The molecule has 3 rings (SSSR count). The molecule has 0 atom stereocenters. The van der Waals surface area contributed by atoms with Crippen LogP contribution in [0.1, 0.15) is 69.9 Å². The predicted molar refractivity (Wildman–Crippen MR) is 148 cm³/mol. The van der Waals surface area contributed by atoms with Crippen LogP contribution in [0.25, 0.3) is 0 Å². The molecule has 0 unspecified atom stereocenters. The third kappa shape index (κ3) is 7.79. The molecular weight excluding hydrogens is 527 g/mol. The lowest BCUT2D eigenvalue weighted by Crippen LogP contribution is -2.51. The van der Waals surface area contributed by atoms with Crippen LogP contribution in [0.3, 0.4) is 0 Å². The number of nitrogens with one attached hydrogen (secondary N) is 1. The highest BCUT2D eigenvalue weighted by atomic mass is 32.1. The highest BCUT2D eigenvalue weighted by Gasteiger charge is 2.39. The number of unbranched alkanes of at least 4 members (excludes halogenated alkanes) is 5. The summed E-state index contributed by atoms with van der Waals surface area (Å²) in [7, 11) is 0. The number of hydrogen-bond donors (Lipinski definition) is 1. The quantitative estimate of drug-likeness (QED) is 0.230. The normalized spacial score (nSPS) is 16.7. The van der Waals surface area contributed by atoms with Crippen molar-refractivity contribution in [2.45, 2.75) is 65.0 Å². The van der Waals surface area contributed by atoms with Gasteiger partial charge in [0.25, 0.3) is 11.8 Å². The number of carbonyl (C=O) groups is 2. The number of amides is 2. The van der Waals surface area contributed by atoms with E-state index in [9.17, 15) is 22.8 Å². The molecule has 0 bridgehead atoms. The molecule has 0 saturated carbocycles. The van der Waals surface area contributed by atoms with Crippen LogP contribution in [0, 0.1) is 11.3 Å². The van der Waals surface area contributed by atoms with E-state index >= 15 is 0 Å². The molecule has 39 heavy (non-hydrogen) atoms. The number of halogens is 3. The first kappa shape index (κ1) is 30.6. The van der Waals surface area contributed by atoms with Crippen LogP contribution in [-0.2, 0) is 15.8 Å². The van der Waals surface area contributed by atoms with Crippen LogP contribution in [0.2, 0.25) is 0 Å². The fourth-order valence-electron chi connectivity index (χ4n) is 5.00. The van der Waals surface area contributed by atoms with Gasteiger partial charge in [0, 0.05) is 43.9 Å². The molecule has 0 radical (unpaired) electrons. The van der Waals surface area contributed by atoms with Crippen molar-refractivity contribution in [1.82, 2.24) is 15.1 Å². The summed E-state index contributed by atoms with van der Waals surface area (Å²) < 4.78 is 40.1. The number of piperazine rings is 1. The van der Waals surface area contributed by atoms with E-state index in [1.54, 1.807) is 0 Å². The topological polar surface area (TPSA) is 79.7 Å². The Balaban J connectivity index is 1.38. The van der Waals surface area contributed by atoms with E-state index in [2.05, 4.69) is 15.1 Å². The van der Waals surface area contributed by atoms with Gasteiger partial charge in [0.05, 0.1) is 22.9 Å². The van der Waals surface area contributed by atoms with Gasteiger partial charge in [0.1, 0.15) is 0 Å². The van der Waals surface area contributed by atoms with E-state index in [1.807, 2.05) is 6.92 Å². The maximum atomic E-state index is 13.4. The van der Waals surface area contributed by atoms with Crippen molar-refractivity contribution in [3.8, 4) is 6.07 Å². The fourth-order valence-corrected chi connectivity index (χ4v) is 5.33. The monoisotopic (exact) mass is 563 g/mol. The largest absolute Gasteiger partial charge is 0.417 e. The third-order valence-corrected chi connectivity index (χ3v) is 7.67. The Bertz CT molecular complexity index is 1140. The van der Waals surface area contributed by atoms with E-state index in [0.717, 1.165) is 93.9 Å². The Labute approximate surface area is 233 Å². The standard InChI is InChI=1S/C28H36F3N5O2S/c1-3-33-27(39)35-16-14-34(15-17-35)13-9-7-5-4-6-8-10-23-20(2)25(37)36(26(23)38)22-12-11-21(19-32)24(18-22)28(29,30)31/h11-12,18H,3-10,13-17H2,1-2H3,(H,33,39). The fraction of sp³-hybridized carbons (Fsp3) is 0.571. The summed E-state index contributed by atoms with van der Waals surface area (Å²) in [5, 5.41) is 13.0.